The van der Waals surface area contributed by atoms with Crippen molar-refractivity contribution in [2.45, 2.75) is 123 Å². The predicted octanol–water partition coefficient (Wildman–Crippen LogP) is 3.84. The minimum Gasteiger partial charge on any atom is -0.508 e. The summed E-state index contributed by atoms with van der Waals surface area (Å²) in [5.74, 6) is -6.05. The van der Waals surface area contributed by atoms with E-state index in [1.54, 1.807) is 54.8 Å². The molecule has 2 aromatic carbocycles. The van der Waals surface area contributed by atoms with Crippen molar-refractivity contribution < 1.29 is 115 Å². The van der Waals surface area contributed by atoms with Crippen LogP contribution in [-0.4, -0.2) is 206 Å². The number of aromatic nitrogens is 4. The largest absolute Gasteiger partial charge is 0.508 e. The number of nitrogens with zero attached hydrogens (tertiary/aromatic N) is 4. The summed E-state index contributed by atoms with van der Waals surface area (Å²) in [6, 6.07) is 12.9. The van der Waals surface area contributed by atoms with Crippen molar-refractivity contribution in [2.75, 3.05) is 112 Å². The first-order valence-electron chi connectivity index (χ1n) is 34.0. The lowest BCUT2D eigenvalue weighted by Crippen LogP contribution is -2.48. The molecule has 0 bridgehead atoms. The molecular weight excluding hydrogens is 1350 g/mol. The summed E-state index contributed by atoms with van der Waals surface area (Å²) in [6.45, 7) is 5.45. The quantitative estimate of drug-likeness (QED) is 0.0240. The summed E-state index contributed by atoms with van der Waals surface area (Å²) in [6.07, 6.45) is -1.31. The van der Waals surface area contributed by atoms with Gasteiger partial charge in [0.15, 0.2) is 11.6 Å². The highest BCUT2D eigenvalue weighted by molar-refractivity contribution is 5.93. The molecule has 4 N–H and O–H groups in total. The van der Waals surface area contributed by atoms with E-state index in [2.05, 4.69) is 5.32 Å². The summed E-state index contributed by atoms with van der Waals surface area (Å²) < 4.78 is 76.8. The second kappa shape index (κ2) is 34.7. The van der Waals surface area contributed by atoms with Gasteiger partial charge in [0.1, 0.15) is 69.9 Å². The molecule has 31 heteroatoms. The minimum atomic E-state index is -2.04. The zero-order chi connectivity index (χ0) is 73.5. The number of aliphatic carboxylic acids is 1. The maximum absolute atomic E-state index is 14.2. The number of amides is 1. The Morgan fingerprint density at radius 2 is 0.990 bits per heavy atom. The van der Waals surface area contributed by atoms with Gasteiger partial charge >= 0.3 is 29.8 Å². The molecule has 31 nitrogen and oxygen atoms in total. The number of aromatic hydroxyl groups is 2. The molecular formula is C72H83N5O26. The van der Waals surface area contributed by atoms with Crippen LogP contribution in [0.4, 0.5) is 0 Å². The molecule has 0 spiro atoms. The van der Waals surface area contributed by atoms with Crippen LogP contribution in [-0.2, 0) is 150 Å². The molecule has 1 amide bonds. The summed E-state index contributed by atoms with van der Waals surface area (Å²) >= 11 is 0. The van der Waals surface area contributed by atoms with Gasteiger partial charge in [-0.25, -0.2) is 24.4 Å². The lowest BCUT2D eigenvalue weighted by molar-refractivity contribution is -0.189. The standard InChI is InChI=1S/C72H83N5O26/c1-6-47-49-24-42(79)10-13-57(49)74-65-51(47)29-76-59(65)26-55-53(67(76)87)37-100-69(89)71(55,8-3)102-63(85)15-12-44(81)32-92-21-23-99-46(36-97-35-45(98-22-20-91-31-41(5)78)34-94-17-19-96-40-62(83)84)33-93-16-18-95-39-61(82)73-28-64(86)103-72(9-4)56-27-60-66-52(30-77(60)68(88)54(56)38-101-70(72)90)48(7-2)50-25-43(80)11-14-58(50)75-66/h10-11,13-14,24-27,45-46,79-80H,6-9,12,15-23,28-40H2,1-5H3,(H,73,82)(H,83,84)/t45?,46?,71-,72-/m0/s1. The lowest BCUT2D eigenvalue weighted by atomic mass is 9.85. The highest BCUT2D eigenvalue weighted by atomic mass is 16.6. The van der Waals surface area contributed by atoms with Gasteiger partial charge in [-0.3, -0.25) is 33.6 Å². The molecule has 103 heavy (non-hydrogen) atoms. The van der Waals surface area contributed by atoms with E-state index in [-0.39, 0.29) is 171 Å². The molecule has 0 radical (unpaired) electrons. The van der Waals surface area contributed by atoms with Crippen molar-refractivity contribution in [1.82, 2.24) is 24.4 Å². The van der Waals surface area contributed by atoms with Crippen LogP contribution in [0, 0.1) is 0 Å². The Kier molecular flexibility index (Phi) is 25.7. The molecule has 0 fully saturated rings. The molecule has 2 unspecified atom stereocenters. The van der Waals surface area contributed by atoms with Gasteiger partial charge in [-0.05, 0) is 92.3 Å². The molecule has 4 atom stereocenters. The Balaban J connectivity index is 0.704. The van der Waals surface area contributed by atoms with E-state index >= 15 is 0 Å². The van der Waals surface area contributed by atoms with Crippen molar-refractivity contribution in [3.8, 4) is 34.3 Å². The molecule has 6 aromatic rings. The summed E-state index contributed by atoms with van der Waals surface area (Å²) in [4.78, 5) is 141. The fourth-order valence-electron chi connectivity index (χ4n) is 13.0. The number of aryl methyl sites for hydroxylation is 2. The third-order valence-corrected chi connectivity index (χ3v) is 18.0. The number of phenolic OH excluding ortho intramolecular Hbond substituents is 2. The Morgan fingerprint density at radius 1 is 0.544 bits per heavy atom. The highest BCUT2D eigenvalue weighted by Gasteiger charge is 2.52. The SMILES string of the molecule is CCc1c2c(nc3ccc(O)cc13)-c1cc3c(c(=O)n1C2)COC(=O)[C@@]3(CC)OC(=O)CCC(=O)COCCOC(COCCOCC(=O)NCC(=O)O[C@]1(CC)C(=O)OCc2c1cc1n(c2=O)Cc2c-1nc1ccc(O)cc1c2CC)COCC(COCCOCC(=O)O)OCCOCC(C)=O. The van der Waals surface area contributed by atoms with Gasteiger partial charge in [-0.2, -0.15) is 0 Å². The third kappa shape index (κ3) is 17.5. The molecule has 0 saturated heterocycles. The number of rotatable bonds is 41. The summed E-state index contributed by atoms with van der Waals surface area (Å²) in [7, 11) is 0. The second-order valence-electron chi connectivity index (χ2n) is 24.8. The Bertz CT molecular complexity index is 4340. The van der Waals surface area contributed by atoms with E-state index in [4.69, 9.17) is 76.7 Å². The van der Waals surface area contributed by atoms with E-state index in [9.17, 15) is 58.2 Å². The van der Waals surface area contributed by atoms with Crippen molar-refractivity contribution in [2.24, 2.45) is 0 Å². The van der Waals surface area contributed by atoms with Crippen molar-refractivity contribution >= 4 is 69.1 Å². The maximum atomic E-state index is 14.2. The number of carbonyl (C=O) groups excluding carboxylic acids is 7. The fraction of sp³-hybridized carbons (Fsp3) is 0.500. The number of nitrogens with one attached hydrogen (secondary N) is 1. The molecule has 10 rings (SSSR count). The number of carboxylic acids is 1. The van der Waals surface area contributed by atoms with Gasteiger partial charge in [0.05, 0.1) is 144 Å². The van der Waals surface area contributed by atoms with Gasteiger partial charge in [0.25, 0.3) is 11.1 Å². The first-order chi connectivity index (χ1) is 49.6. The average molecular weight is 1430 g/mol. The van der Waals surface area contributed by atoms with E-state index in [0.29, 0.717) is 46.7 Å². The molecule has 4 aliphatic rings. The van der Waals surface area contributed by atoms with E-state index in [1.165, 1.54) is 23.6 Å². The Morgan fingerprint density at radius 3 is 1.47 bits per heavy atom. The second-order valence-corrected chi connectivity index (χ2v) is 24.8. The molecule has 0 saturated carbocycles. The Hall–Kier alpha value is -9.44. The van der Waals surface area contributed by atoms with Crippen LogP contribution in [0.2, 0.25) is 0 Å². The van der Waals surface area contributed by atoms with E-state index < -0.39 is 109 Å². The smallest absolute Gasteiger partial charge is 0.355 e. The van der Waals surface area contributed by atoms with Gasteiger partial charge in [0.2, 0.25) is 17.1 Å². The van der Waals surface area contributed by atoms with Crippen LogP contribution in [0.15, 0.2) is 58.1 Å². The normalized spacial score (nSPS) is 16.7. The van der Waals surface area contributed by atoms with Crippen molar-refractivity contribution in [1.29, 1.82) is 0 Å². The van der Waals surface area contributed by atoms with Gasteiger partial charge < -0.3 is 91.3 Å². The van der Waals surface area contributed by atoms with Crippen LogP contribution < -0.4 is 16.4 Å². The summed E-state index contributed by atoms with van der Waals surface area (Å²) in [5.41, 5.74) is 2.11. The zero-order valence-corrected chi connectivity index (χ0v) is 57.9. The number of fused-ring (bicyclic) bond motifs is 10. The number of benzene rings is 2. The topological polar surface area (TPSA) is 399 Å². The van der Waals surface area contributed by atoms with Gasteiger partial charge in [0, 0.05) is 39.4 Å². The fourth-order valence-corrected chi connectivity index (χ4v) is 13.0. The third-order valence-electron chi connectivity index (χ3n) is 18.0. The Labute approximate surface area is 589 Å². The first kappa shape index (κ1) is 76.2. The number of Topliss-reactive ketones (excluding diaryl/α,β-unsaturated/α-hetero) is 2. The lowest BCUT2D eigenvalue weighted by Gasteiger charge is -2.35. The number of esters is 4. The van der Waals surface area contributed by atoms with Crippen LogP contribution >= 0.6 is 0 Å². The molecule has 4 aliphatic heterocycles. The predicted molar refractivity (Wildman–Crippen MR) is 360 cm³/mol. The van der Waals surface area contributed by atoms with Crippen LogP contribution in [0.1, 0.15) is 105 Å². The number of carboxylic acid groups (broad SMARTS) is 1. The number of hydrogen-bond acceptors (Lipinski definition) is 27. The number of phenols is 2. The van der Waals surface area contributed by atoms with E-state index in [0.717, 1.165) is 33.0 Å². The number of ketones is 2. The number of ether oxygens (including phenoxy) is 13. The van der Waals surface area contributed by atoms with Crippen LogP contribution in [0.25, 0.3) is 44.6 Å². The molecule has 8 heterocycles. The van der Waals surface area contributed by atoms with Crippen molar-refractivity contribution in [3.05, 3.63) is 114 Å². The van der Waals surface area contributed by atoms with Gasteiger partial charge in [-0.15, -0.1) is 0 Å². The zero-order valence-electron chi connectivity index (χ0n) is 57.9. The van der Waals surface area contributed by atoms with Crippen LogP contribution in [0.5, 0.6) is 11.5 Å². The molecule has 4 aromatic heterocycles. The first-order valence-corrected chi connectivity index (χ1v) is 34.0. The molecule has 0 aliphatic carbocycles. The van der Waals surface area contributed by atoms with Crippen molar-refractivity contribution in [3.63, 3.8) is 0 Å². The molecule has 552 valence electrons. The minimum absolute atomic E-state index is 0.00723. The number of cyclic esters (lactones) is 2. The van der Waals surface area contributed by atoms with Gasteiger partial charge in [-0.1, -0.05) is 27.7 Å². The summed E-state index contributed by atoms with van der Waals surface area (Å²) in [5, 5.41) is 33.4. The average Bonchev–Trinajstić information content (AvgIpc) is 1.65. The number of hydrogen-bond donors (Lipinski definition) is 4. The highest BCUT2D eigenvalue weighted by Crippen LogP contribution is 2.45. The number of pyridine rings is 4. The maximum Gasteiger partial charge on any atom is 0.355 e. The number of carbonyl (C=O) groups is 8. The van der Waals surface area contributed by atoms with E-state index in [1.807, 2.05) is 13.8 Å². The van der Waals surface area contributed by atoms with Crippen LogP contribution in [0.3, 0.4) is 0 Å². The monoisotopic (exact) mass is 1430 g/mol.